The van der Waals surface area contributed by atoms with Crippen molar-refractivity contribution in [2.75, 3.05) is 38.2 Å². The second-order valence-corrected chi connectivity index (χ2v) is 5.61. The van der Waals surface area contributed by atoms with E-state index in [0.717, 1.165) is 24.5 Å². The molecule has 1 amide bonds. The van der Waals surface area contributed by atoms with Crippen LogP contribution in [-0.2, 0) is 4.79 Å². The van der Waals surface area contributed by atoms with Gasteiger partial charge in [0, 0.05) is 37.9 Å². The van der Waals surface area contributed by atoms with Crippen molar-refractivity contribution in [2.45, 2.75) is 6.92 Å². The van der Waals surface area contributed by atoms with E-state index in [4.69, 9.17) is 22.7 Å². The van der Waals surface area contributed by atoms with Gasteiger partial charge in [-0.15, -0.1) is 0 Å². The van der Waals surface area contributed by atoms with Gasteiger partial charge in [-0.25, -0.2) is 0 Å². The van der Waals surface area contributed by atoms with Crippen molar-refractivity contribution in [2.24, 2.45) is 11.7 Å². The third kappa shape index (κ3) is 3.64. The maximum absolute atomic E-state index is 12.2. The van der Waals surface area contributed by atoms with E-state index in [1.807, 2.05) is 23.1 Å². The number of nitrogens with zero attached hydrogens (tertiary/aromatic N) is 2. The van der Waals surface area contributed by atoms with Crippen LogP contribution in [0.25, 0.3) is 0 Å². The van der Waals surface area contributed by atoms with Gasteiger partial charge in [0.25, 0.3) is 0 Å². The number of anilines is 1. The highest BCUT2D eigenvalue weighted by atomic mass is 32.1. The number of thiocarbonyl (C=S) groups is 1. The van der Waals surface area contributed by atoms with Crippen LogP contribution >= 0.6 is 12.2 Å². The molecule has 1 aliphatic heterocycles. The van der Waals surface area contributed by atoms with Gasteiger partial charge in [-0.3, -0.25) is 4.79 Å². The molecular weight excluding hydrogens is 286 g/mol. The summed E-state index contributed by atoms with van der Waals surface area (Å²) >= 11 is 4.90. The molecule has 6 heteroatoms. The molecule has 0 bridgehead atoms. The highest BCUT2D eigenvalue weighted by Crippen LogP contribution is 2.22. The molecule has 0 aliphatic carbocycles. The number of hydrogen-bond donors (Lipinski definition) is 1. The van der Waals surface area contributed by atoms with Crippen molar-refractivity contribution in [3.05, 3.63) is 24.3 Å². The summed E-state index contributed by atoms with van der Waals surface area (Å²) in [6.07, 6.45) is 0. The number of carbonyl (C=O) groups is 1. The minimum Gasteiger partial charge on any atom is -0.497 e. The average Bonchev–Trinajstić information content (AvgIpc) is 2.53. The maximum atomic E-state index is 12.2. The third-order valence-electron chi connectivity index (χ3n) is 3.81. The van der Waals surface area contributed by atoms with Crippen molar-refractivity contribution in [3.63, 3.8) is 0 Å². The first-order valence-corrected chi connectivity index (χ1v) is 7.41. The molecule has 2 rings (SSSR count). The number of benzene rings is 1. The van der Waals surface area contributed by atoms with Crippen molar-refractivity contribution < 1.29 is 9.53 Å². The van der Waals surface area contributed by atoms with E-state index in [2.05, 4.69) is 11.0 Å². The lowest BCUT2D eigenvalue weighted by Gasteiger charge is -2.37. The summed E-state index contributed by atoms with van der Waals surface area (Å²) < 4.78 is 5.24. The highest BCUT2D eigenvalue weighted by molar-refractivity contribution is 7.80. The van der Waals surface area contributed by atoms with Gasteiger partial charge in [0.2, 0.25) is 5.91 Å². The topological polar surface area (TPSA) is 58.8 Å². The van der Waals surface area contributed by atoms with E-state index in [1.165, 1.54) is 0 Å². The molecule has 2 N–H and O–H groups in total. The minimum absolute atomic E-state index is 0.0211. The van der Waals surface area contributed by atoms with Crippen LogP contribution in [0.3, 0.4) is 0 Å². The number of methoxy groups -OCH3 is 1. The molecule has 0 aromatic heterocycles. The van der Waals surface area contributed by atoms with Gasteiger partial charge < -0.3 is 20.3 Å². The molecule has 1 unspecified atom stereocenters. The van der Waals surface area contributed by atoms with Crippen LogP contribution in [0.5, 0.6) is 5.75 Å². The highest BCUT2D eigenvalue weighted by Gasteiger charge is 2.26. The molecule has 1 fully saturated rings. The fraction of sp³-hybridized carbons (Fsp3) is 0.467. The summed E-state index contributed by atoms with van der Waals surface area (Å²) in [5, 5.41) is 0. The predicted octanol–water partition coefficient (Wildman–Crippen LogP) is 1.27. The molecule has 1 heterocycles. The molecule has 0 spiro atoms. The zero-order chi connectivity index (χ0) is 15.4. The Morgan fingerprint density at radius 1 is 1.33 bits per heavy atom. The number of ether oxygens (including phenoxy) is 1. The summed E-state index contributed by atoms with van der Waals surface area (Å²) in [5.41, 5.74) is 6.67. The standard InChI is InChI=1S/C15H21N3O2S/c1-11(14(16)21)15(19)18-8-6-17(7-9-18)12-4-3-5-13(10-12)20-2/h3-5,10-11H,6-9H2,1-2H3,(H2,16,21). The number of carbonyl (C=O) groups excluding carboxylic acids is 1. The molecule has 0 radical (unpaired) electrons. The second-order valence-electron chi connectivity index (χ2n) is 5.14. The molecule has 1 atom stereocenters. The molecule has 1 aromatic carbocycles. The summed E-state index contributed by atoms with van der Waals surface area (Å²) in [6.45, 7) is 4.72. The average molecular weight is 307 g/mol. The van der Waals surface area contributed by atoms with Gasteiger partial charge in [0.05, 0.1) is 18.0 Å². The quantitative estimate of drug-likeness (QED) is 0.849. The maximum Gasteiger partial charge on any atom is 0.232 e. The Bertz CT molecular complexity index is 527. The van der Waals surface area contributed by atoms with Crippen LogP contribution in [0.1, 0.15) is 6.92 Å². The molecule has 1 saturated heterocycles. The first-order valence-electron chi connectivity index (χ1n) is 7.00. The number of hydrogen-bond acceptors (Lipinski definition) is 4. The molecule has 114 valence electrons. The summed E-state index contributed by atoms with van der Waals surface area (Å²) in [4.78, 5) is 16.5. The second kappa shape index (κ2) is 6.76. The molecule has 1 aliphatic rings. The lowest BCUT2D eigenvalue weighted by molar-refractivity contribution is -0.133. The largest absolute Gasteiger partial charge is 0.497 e. The zero-order valence-electron chi connectivity index (χ0n) is 12.4. The van der Waals surface area contributed by atoms with Crippen molar-refractivity contribution in [1.29, 1.82) is 0 Å². The Kier molecular flexibility index (Phi) is 5.01. The smallest absolute Gasteiger partial charge is 0.232 e. The molecule has 5 nitrogen and oxygen atoms in total. The van der Waals surface area contributed by atoms with E-state index in [9.17, 15) is 4.79 Å². The van der Waals surface area contributed by atoms with Crippen LogP contribution in [0, 0.1) is 5.92 Å². The van der Waals surface area contributed by atoms with Crippen molar-refractivity contribution >= 4 is 28.8 Å². The van der Waals surface area contributed by atoms with Gasteiger partial charge >= 0.3 is 0 Å². The molecular formula is C15H21N3O2S. The van der Waals surface area contributed by atoms with Gasteiger partial charge in [-0.2, -0.15) is 0 Å². The zero-order valence-corrected chi connectivity index (χ0v) is 13.2. The van der Waals surface area contributed by atoms with Gasteiger partial charge in [0.15, 0.2) is 0 Å². The minimum atomic E-state index is -0.386. The van der Waals surface area contributed by atoms with Crippen LogP contribution in [0.15, 0.2) is 24.3 Å². The Morgan fingerprint density at radius 3 is 2.57 bits per heavy atom. The van der Waals surface area contributed by atoms with Crippen molar-refractivity contribution in [1.82, 2.24) is 4.90 Å². The van der Waals surface area contributed by atoms with E-state index in [1.54, 1.807) is 14.0 Å². The first kappa shape index (κ1) is 15.6. The number of nitrogens with two attached hydrogens (primary N) is 1. The SMILES string of the molecule is COc1cccc(N2CCN(C(=O)C(C)C(N)=S)CC2)c1. The van der Waals surface area contributed by atoms with Crippen LogP contribution in [0.4, 0.5) is 5.69 Å². The van der Waals surface area contributed by atoms with E-state index < -0.39 is 0 Å². The third-order valence-corrected chi connectivity index (χ3v) is 4.16. The van der Waals surface area contributed by atoms with Gasteiger partial charge in [-0.05, 0) is 19.1 Å². The lowest BCUT2D eigenvalue weighted by atomic mass is 10.1. The monoisotopic (exact) mass is 307 g/mol. The van der Waals surface area contributed by atoms with E-state index in [0.29, 0.717) is 13.1 Å². The van der Waals surface area contributed by atoms with Gasteiger partial charge in [-0.1, -0.05) is 18.3 Å². The fourth-order valence-electron chi connectivity index (χ4n) is 2.39. The van der Waals surface area contributed by atoms with Crippen LogP contribution < -0.4 is 15.4 Å². The first-order chi connectivity index (χ1) is 10.0. The number of piperazine rings is 1. The molecule has 1 aromatic rings. The lowest BCUT2D eigenvalue weighted by Crippen LogP contribution is -2.51. The Hall–Kier alpha value is -1.82. The Labute approximate surface area is 130 Å². The predicted molar refractivity (Wildman–Crippen MR) is 87.7 cm³/mol. The summed E-state index contributed by atoms with van der Waals surface area (Å²) in [5.74, 6) is 0.476. The van der Waals surface area contributed by atoms with Crippen LogP contribution in [-0.4, -0.2) is 49.1 Å². The fourth-order valence-corrected chi connectivity index (χ4v) is 2.49. The van der Waals surface area contributed by atoms with E-state index >= 15 is 0 Å². The number of rotatable bonds is 4. The summed E-state index contributed by atoms with van der Waals surface area (Å²) in [6, 6.07) is 7.96. The Balaban J connectivity index is 1.96. The number of amides is 1. The van der Waals surface area contributed by atoms with Gasteiger partial charge in [0.1, 0.15) is 5.75 Å². The normalized spacial score (nSPS) is 16.5. The Morgan fingerprint density at radius 2 is 2.00 bits per heavy atom. The van der Waals surface area contributed by atoms with Crippen LogP contribution in [0.2, 0.25) is 0 Å². The molecule has 0 saturated carbocycles. The molecule has 21 heavy (non-hydrogen) atoms. The van der Waals surface area contributed by atoms with Crippen molar-refractivity contribution in [3.8, 4) is 5.75 Å². The summed E-state index contributed by atoms with van der Waals surface area (Å²) in [7, 11) is 1.66. The van der Waals surface area contributed by atoms with E-state index in [-0.39, 0.29) is 16.8 Å².